The molecule has 1 fully saturated rings. The Kier molecular flexibility index (Phi) is 3.66. The van der Waals surface area contributed by atoms with Crippen LogP contribution >= 0.6 is 0 Å². The number of amidine groups is 1. The standard InChI is InChI=1S/C11H18N2O6/c1-11(2,3)19-10(16)13-9-12-8-7(18-9)6(15)5(4-14)17-8/h5-8,14-15H,4H2,1-3H3,(H,12,13,16)/t5-,6-,7+,8-/m1/s1. The summed E-state index contributed by atoms with van der Waals surface area (Å²) in [6, 6.07) is -0.0558. The molecular formula is C11H18N2O6. The molecule has 2 aliphatic rings. The number of aliphatic hydroxyl groups is 2. The van der Waals surface area contributed by atoms with E-state index in [1.165, 1.54) is 0 Å². The smallest absolute Gasteiger partial charge is 0.415 e. The van der Waals surface area contributed by atoms with Crippen LogP contribution in [0.5, 0.6) is 0 Å². The second-order valence-electron chi connectivity index (χ2n) is 5.38. The maximum absolute atomic E-state index is 11.5. The van der Waals surface area contributed by atoms with Gasteiger partial charge in [0.25, 0.3) is 6.02 Å². The Morgan fingerprint density at radius 1 is 1.53 bits per heavy atom. The molecule has 108 valence electrons. The first-order chi connectivity index (χ1) is 8.80. The molecule has 8 heteroatoms. The molecule has 2 heterocycles. The van der Waals surface area contributed by atoms with Crippen molar-refractivity contribution in [2.24, 2.45) is 4.99 Å². The first kappa shape index (κ1) is 14.0. The van der Waals surface area contributed by atoms with Gasteiger partial charge in [0.1, 0.15) is 17.8 Å². The van der Waals surface area contributed by atoms with Crippen LogP contribution in [0.2, 0.25) is 0 Å². The van der Waals surface area contributed by atoms with Crippen molar-refractivity contribution >= 4 is 12.1 Å². The molecule has 0 aliphatic carbocycles. The molecule has 4 atom stereocenters. The van der Waals surface area contributed by atoms with E-state index in [2.05, 4.69) is 10.3 Å². The average molecular weight is 274 g/mol. The number of hydrogen-bond acceptors (Lipinski definition) is 7. The van der Waals surface area contributed by atoms with E-state index in [1.54, 1.807) is 20.8 Å². The van der Waals surface area contributed by atoms with Gasteiger partial charge in [-0.05, 0) is 20.8 Å². The van der Waals surface area contributed by atoms with Crippen molar-refractivity contribution in [2.45, 2.75) is 50.9 Å². The molecule has 3 N–H and O–H groups in total. The Bertz CT molecular complexity index is 391. The second-order valence-corrected chi connectivity index (χ2v) is 5.38. The lowest BCUT2D eigenvalue weighted by molar-refractivity contribution is -0.0209. The molecular weight excluding hydrogens is 256 g/mol. The van der Waals surface area contributed by atoms with Gasteiger partial charge in [0.15, 0.2) is 12.3 Å². The maximum Gasteiger partial charge on any atom is 0.415 e. The number of rotatable bonds is 1. The van der Waals surface area contributed by atoms with E-state index in [0.717, 1.165) is 0 Å². The molecule has 1 saturated heterocycles. The van der Waals surface area contributed by atoms with Crippen LogP contribution in [0.15, 0.2) is 4.99 Å². The minimum Gasteiger partial charge on any atom is -0.454 e. The molecule has 0 aromatic carbocycles. The Labute approximate surface area is 110 Å². The molecule has 1 amide bonds. The molecule has 2 aliphatic heterocycles. The van der Waals surface area contributed by atoms with E-state index in [4.69, 9.17) is 19.3 Å². The molecule has 0 unspecified atom stereocenters. The van der Waals surface area contributed by atoms with Crippen molar-refractivity contribution in [2.75, 3.05) is 6.61 Å². The lowest BCUT2D eigenvalue weighted by Gasteiger charge is -2.20. The van der Waals surface area contributed by atoms with Crippen LogP contribution in [0.1, 0.15) is 20.8 Å². The van der Waals surface area contributed by atoms with E-state index in [0.29, 0.717) is 0 Å². The Morgan fingerprint density at radius 3 is 2.74 bits per heavy atom. The zero-order chi connectivity index (χ0) is 14.2. The third kappa shape index (κ3) is 3.14. The topological polar surface area (TPSA) is 110 Å². The van der Waals surface area contributed by atoms with Gasteiger partial charge in [0.05, 0.1) is 6.61 Å². The van der Waals surface area contributed by atoms with Gasteiger partial charge in [-0.3, -0.25) is 0 Å². The fraction of sp³-hybridized carbons (Fsp3) is 0.818. The Morgan fingerprint density at radius 2 is 2.21 bits per heavy atom. The van der Waals surface area contributed by atoms with Gasteiger partial charge in [0, 0.05) is 0 Å². The molecule has 0 radical (unpaired) electrons. The molecule has 0 aromatic rings. The predicted octanol–water partition coefficient (Wildman–Crippen LogP) is -0.656. The van der Waals surface area contributed by atoms with Crippen LogP contribution in [-0.4, -0.2) is 59.1 Å². The maximum atomic E-state index is 11.5. The minimum absolute atomic E-state index is 0.0558. The van der Waals surface area contributed by atoms with Crippen LogP contribution < -0.4 is 5.32 Å². The van der Waals surface area contributed by atoms with E-state index in [-0.39, 0.29) is 12.6 Å². The summed E-state index contributed by atoms with van der Waals surface area (Å²) in [5.74, 6) is 0. The van der Waals surface area contributed by atoms with Crippen LogP contribution in [0.4, 0.5) is 4.79 Å². The number of nitrogens with one attached hydrogen (secondary N) is 1. The largest absolute Gasteiger partial charge is 0.454 e. The number of carbonyl (C=O) groups excluding carboxylic acids is 1. The first-order valence-electron chi connectivity index (χ1n) is 5.99. The van der Waals surface area contributed by atoms with Crippen LogP contribution in [0, 0.1) is 0 Å². The number of alkyl carbamates (subject to hydrolysis) is 1. The quantitative estimate of drug-likeness (QED) is 0.586. The first-order valence-corrected chi connectivity index (χ1v) is 5.99. The monoisotopic (exact) mass is 274 g/mol. The second kappa shape index (κ2) is 4.95. The highest BCUT2D eigenvalue weighted by atomic mass is 16.6. The summed E-state index contributed by atoms with van der Waals surface area (Å²) in [7, 11) is 0. The van der Waals surface area contributed by atoms with Crippen LogP contribution in [0.25, 0.3) is 0 Å². The molecule has 0 spiro atoms. The van der Waals surface area contributed by atoms with E-state index >= 15 is 0 Å². The fourth-order valence-corrected chi connectivity index (χ4v) is 1.83. The summed E-state index contributed by atoms with van der Waals surface area (Å²) in [6.07, 6.45) is -3.85. The van der Waals surface area contributed by atoms with Crippen LogP contribution in [-0.2, 0) is 14.2 Å². The van der Waals surface area contributed by atoms with Crippen molar-refractivity contribution in [3.63, 3.8) is 0 Å². The average Bonchev–Trinajstić information content (AvgIpc) is 2.75. The number of amides is 1. The van der Waals surface area contributed by atoms with Crippen molar-refractivity contribution in [1.29, 1.82) is 0 Å². The van der Waals surface area contributed by atoms with Gasteiger partial charge in [-0.2, -0.15) is 4.99 Å². The number of nitrogens with zero attached hydrogens (tertiary/aromatic N) is 1. The van der Waals surface area contributed by atoms with Crippen molar-refractivity contribution in [3.05, 3.63) is 0 Å². The molecule has 0 aromatic heterocycles. The zero-order valence-electron chi connectivity index (χ0n) is 11.0. The van der Waals surface area contributed by atoms with Crippen LogP contribution in [0.3, 0.4) is 0 Å². The lowest BCUT2D eigenvalue weighted by Crippen LogP contribution is -2.40. The summed E-state index contributed by atoms with van der Waals surface area (Å²) in [5, 5.41) is 21.1. The number of fused-ring (bicyclic) bond motifs is 1. The zero-order valence-corrected chi connectivity index (χ0v) is 11.0. The molecule has 8 nitrogen and oxygen atoms in total. The highest BCUT2D eigenvalue weighted by Gasteiger charge is 2.49. The number of aliphatic hydroxyl groups excluding tert-OH is 2. The Balaban J connectivity index is 1.90. The van der Waals surface area contributed by atoms with Crippen molar-refractivity contribution in [3.8, 4) is 0 Å². The number of hydrogen-bond donors (Lipinski definition) is 3. The number of ether oxygens (including phenoxy) is 3. The molecule has 19 heavy (non-hydrogen) atoms. The van der Waals surface area contributed by atoms with E-state index in [1.807, 2.05) is 0 Å². The minimum atomic E-state index is -0.989. The SMILES string of the molecule is CC(C)(C)OC(=O)NC1=N[C@@H]2O[C@H](CO)[C@@H](O)[C@@H]2O1. The van der Waals surface area contributed by atoms with E-state index in [9.17, 15) is 9.90 Å². The van der Waals surface area contributed by atoms with Gasteiger partial charge in [-0.1, -0.05) is 0 Å². The van der Waals surface area contributed by atoms with Gasteiger partial charge < -0.3 is 24.4 Å². The van der Waals surface area contributed by atoms with Gasteiger partial charge in [0.2, 0.25) is 0 Å². The highest BCUT2D eigenvalue weighted by molar-refractivity contribution is 5.91. The Hall–Kier alpha value is -1.38. The summed E-state index contributed by atoms with van der Waals surface area (Å²) in [6.45, 7) is 4.88. The predicted molar refractivity (Wildman–Crippen MR) is 63.4 cm³/mol. The third-order valence-corrected chi connectivity index (χ3v) is 2.59. The molecule has 0 saturated carbocycles. The number of carbonyl (C=O) groups is 1. The van der Waals surface area contributed by atoms with Crippen molar-refractivity contribution < 1.29 is 29.2 Å². The van der Waals surface area contributed by atoms with Gasteiger partial charge >= 0.3 is 6.09 Å². The van der Waals surface area contributed by atoms with Gasteiger partial charge in [-0.25, -0.2) is 10.1 Å². The highest BCUT2D eigenvalue weighted by Crippen LogP contribution is 2.28. The fourth-order valence-electron chi connectivity index (χ4n) is 1.83. The summed E-state index contributed by atoms with van der Waals surface area (Å²) >= 11 is 0. The van der Waals surface area contributed by atoms with Crippen molar-refractivity contribution in [1.82, 2.24) is 5.32 Å². The van der Waals surface area contributed by atoms with Gasteiger partial charge in [-0.15, -0.1) is 0 Å². The molecule has 2 rings (SSSR count). The summed E-state index contributed by atoms with van der Waals surface area (Å²) in [5.41, 5.74) is -0.628. The van der Waals surface area contributed by atoms with E-state index < -0.39 is 36.2 Å². The number of aliphatic imine (C=N–C) groups is 1. The normalized spacial score (nSPS) is 33.4. The molecule has 0 bridgehead atoms. The third-order valence-electron chi connectivity index (χ3n) is 2.59. The lowest BCUT2D eigenvalue weighted by atomic mass is 10.1. The summed E-state index contributed by atoms with van der Waals surface area (Å²) in [4.78, 5) is 15.5. The summed E-state index contributed by atoms with van der Waals surface area (Å²) < 4.78 is 15.6.